The van der Waals surface area contributed by atoms with E-state index in [1.54, 1.807) is 24.3 Å². The number of nitrogens with one attached hydrogen (secondary N) is 1. The minimum absolute atomic E-state index is 0.0223. The normalized spacial score (nSPS) is 11.9. The maximum atomic E-state index is 11.6. The van der Waals surface area contributed by atoms with Crippen LogP contribution in [0.5, 0.6) is 0 Å². The number of methoxy groups -OCH3 is 1. The van der Waals surface area contributed by atoms with Crippen molar-refractivity contribution in [2.75, 3.05) is 19.0 Å². The smallest absolute Gasteiger partial charge is 0.227 e. The summed E-state index contributed by atoms with van der Waals surface area (Å²) in [5.41, 5.74) is 1.17. The van der Waals surface area contributed by atoms with Gasteiger partial charge in [-0.2, -0.15) is 0 Å². The van der Waals surface area contributed by atoms with Crippen molar-refractivity contribution < 1.29 is 19.4 Å². The van der Waals surface area contributed by atoms with Crippen LogP contribution in [0.4, 0.5) is 5.69 Å². The first-order chi connectivity index (χ1) is 8.56. The SMILES string of the molecule is COC(C[O])CC(=O)Nc1ccc(C(C)=O)cc1. The second-order valence-electron chi connectivity index (χ2n) is 3.91. The van der Waals surface area contributed by atoms with E-state index in [2.05, 4.69) is 5.32 Å². The van der Waals surface area contributed by atoms with Crippen LogP contribution in [0.15, 0.2) is 24.3 Å². The Morgan fingerprint density at radius 3 is 2.33 bits per heavy atom. The van der Waals surface area contributed by atoms with Gasteiger partial charge in [-0.1, -0.05) is 0 Å². The monoisotopic (exact) mass is 250 g/mol. The highest BCUT2D eigenvalue weighted by molar-refractivity contribution is 5.95. The molecule has 0 saturated carbocycles. The van der Waals surface area contributed by atoms with Gasteiger partial charge in [0.2, 0.25) is 5.91 Å². The molecule has 5 nitrogen and oxygen atoms in total. The van der Waals surface area contributed by atoms with Crippen molar-refractivity contribution in [1.29, 1.82) is 0 Å². The number of rotatable bonds is 6. The molecule has 1 N–H and O–H groups in total. The van der Waals surface area contributed by atoms with E-state index < -0.39 is 12.7 Å². The third kappa shape index (κ3) is 4.27. The molecule has 1 amide bonds. The molecule has 0 fully saturated rings. The lowest BCUT2D eigenvalue weighted by atomic mass is 10.1. The van der Waals surface area contributed by atoms with Gasteiger partial charge >= 0.3 is 0 Å². The zero-order valence-electron chi connectivity index (χ0n) is 10.4. The van der Waals surface area contributed by atoms with Crippen molar-refractivity contribution in [3.05, 3.63) is 29.8 Å². The van der Waals surface area contributed by atoms with Gasteiger partial charge in [-0.3, -0.25) is 9.59 Å². The van der Waals surface area contributed by atoms with Crippen molar-refractivity contribution >= 4 is 17.4 Å². The Bertz CT molecular complexity index is 410. The number of carbonyl (C=O) groups is 2. The summed E-state index contributed by atoms with van der Waals surface area (Å²) in [6.07, 6.45) is -0.587. The zero-order chi connectivity index (χ0) is 13.5. The van der Waals surface area contributed by atoms with Gasteiger partial charge in [0.15, 0.2) is 5.78 Å². The van der Waals surface area contributed by atoms with Crippen LogP contribution in [0.25, 0.3) is 0 Å². The highest BCUT2D eigenvalue weighted by Crippen LogP contribution is 2.11. The summed E-state index contributed by atoms with van der Waals surface area (Å²) >= 11 is 0. The van der Waals surface area contributed by atoms with E-state index in [1.165, 1.54) is 14.0 Å². The molecule has 18 heavy (non-hydrogen) atoms. The first kappa shape index (κ1) is 14.3. The minimum Gasteiger partial charge on any atom is -0.378 e. The number of anilines is 1. The Balaban J connectivity index is 2.56. The Morgan fingerprint density at radius 2 is 1.89 bits per heavy atom. The zero-order valence-corrected chi connectivity index (χ0v) is 10.4. The fraction of sp³-hybridized carbons (Fsp3) is 0.385. The number of benzene rings is 1. The summed E-state index contributed by atoms with van der Waals surface area (Å²) in [5, 5.41) is 13.3. The molecule has 0 aromatic heterocycles. The predicted octanol–water partition coefficient (Wildman–Crippen LogP) is 1.66. The number of amides is 1. The summed E-state index contributed by atoms with van der Waals surface area (Å²) < 4.78 is 4.84. The molecule has 0 aliphatic heterocycles. The van der Waals surface area contributed by atoms with Crippen LogP contribution in [0.2, 0.25) is 0 Å². The van der Waals surface area contributed by atoms with E-state index in [-0.39, 0.29) is 18.1 Å². The lowest BCUT2D eigenvalue weighted by molar-refractivity contribution is -0.119. The Morgan fingerprint density at radius 1 is 1.28 bits per heavy atom. The topological polar surface area (TPSA) is 75.3 Å². The molecule has 1 radical (unpaired) electrons. The number of hydrogen-bond donors (Lipinski definition) is 1. The summed E-state index contributed by atoms with van der Waals surface area (Å²) in [6.45, 7) is 1.03. The van der Waals surface area contributed by atoms with Crippen LogP contribution in [0.1, 0.15) is 23.7 Å². The molecule has 0 aliphatic rings. The molecule has 97 valence electrons. The average molecular weight is 250 g/mol. The average Bonchev–Trinajstić information content (AvgIpc) is 2.36. The van der Waals surface area contributed by atoms with Crippen molar-refractivity contribution in [3.63, 3.8) is 0 Å². The molecule has 1 unspecified atom stereocenters. The van der Waals surface area contributed by atoms with E-state index in [4.69, 9.17) is 4.74 Å². The molecular weight excluding hydrogens is 234 g/mol. The molecule has 1 rings (SSSR count). The minimum atomic E-state index is -0.610. The van der Waals surface area contributed by atoms with Crippen LogP contribution in [-0.4, -0.2) is 31.5 Å². The fourth-order valence-electron chi connectivity index (χ4n) is 1.42. The van der Waals surface area contributed by atoms with Gasteiger partial charge in [0.25, 0.3) is 0 Å². The van der Waals surface area contributed by atoms with Gasteiger partial charge in [0.1, 0.15) is 6.61 Å². The summed E-state index contributed by atoms with van der Waals surface area (Å²) in [4.78, 5) is 22.6. The predicted molar refractivity (Wildman–Crippen MR) is 66.0 cm³/mol. The van der Waals surface area contributed by atoms with Gasteiger partial charge in [-0.05, 0) is 31.2 Å². The van der Waals surface area contributed by atoms with Crippen LogP contribution in [0.3, 0.4) is 0 Å². The molecule has 1 aromatic rings. The van der Waals surface area contributed by atoms with Crippen LogP contribution in [0, 0.1) is 0 Å². The second-order valence-corrected chi connectivity index (χ2v) is 3.91. The molecule has 1 atom stereocenters. The largest absolute Gasteiger partial charge is 0.378 e. The first-order valence-corrected chi connectivity index (χ1v) is 5.58. The van der Waals surface area contributed by atoms with E-state index in [1.807, 2.05) is 0 Å². The number of ether oxygens (including phenoxy) is 1. The fourth-order valence-corrected chi connectivity index (χ4v) is 1.42. The molecule has 0 heterocycles. The summed E-state index contributed by atoms with van der Waals surface area (Å²) in [6, 6.07) is 6.57. The first-order valence-electron chi connectivity index (χ1n) is 5.58. The van der Waals surface area contributed by atoms with E-state index in [9.17, 15) is 14.7 Å². The Labute approximate surface area is 106 Å². The quantitative estimate of drug-likeness (QED) is 0.780. The van der Waals surface area contributed by atoms with Crippen molar-refractivity contribution in [2.24, 2.45) is 0 Å². The van der Waals surface area contributed by atoms with Gasteiger partial charge in [-0.25, -0.2) is 5.11 Å². The van der Waals surface area contributed by atoms with Gasteiger partial charge in [-0.15, -0.1) is 0 Å². The molecule has 1 aromatic carbocycles. The van der Waals surface area contributed by atoms with Crippen molar-refractivity contribution in [1.82, 2.24) is 0 Å². The van der Waals surface area contributed by atoms with Crippen molar-refractivity contribution in [3.8, 4) is 0 Å². The van der Waals surface area contributed by atoms with E-state index in [0.717, 1.165) is 0 Å². The molecule has 5 heteroatoms. The third-order valence-electron chi connectivity index (χ3n) is 2.51. The van der Waals surface area contributed by atoms with Crippen LogP contribution < -0.4 is 5.32 Å². The number of hydrogen-bond acceptors (Lipinski definition) is 3. The molecule has 0 bridgehead atoms. The van der Waals surface area contributed by atoms with Gasteiger partial charge in [0.05, 0.1) is 12.5 Å². The highest BCUT2D eigenvalue weighted by atomic mass is 16.5. The third-order valence-corrected chi connectivity index (χ3v) is 2.51. The van der Waals surface area contributed by atoms with Gasteiger partial charge in [0, 0.05) is 18.4 Å². The van der Waals surface area contributed by atoms with Gasteiger partial charge < -0.3 is 10.1 Å². The maximum Gasteiger partial charge on any atom is 0.227 e. The lowest BCUT2D eigenvalue weighted by Crippen LogP contribution is -2.23. The molecular formula is C13H16NO4. The molecule has 0 saturated heterocycles. The highest BCUT2D eigenvalue weighted by Gasteiger charge is 2.12. The Kier molecular flexibility index (Phi) is 5.48. The molecule has 0 spiro atoms. The van der Waals surface area contributed by atoms with E-state index >= 15 is 0 Å². The van der Waals surface area contributed by atoms with Crippen LogP contribution >= 0.6 is 0 Å². The summed E-state index contributed by atoms with van der Waals surface area (Å²) in [7, 11) is 1.40. The molecule has 0 aliphatic carbocycles. The van der Waals surface area contributed by atoms with Crippen LogP contribution in [-0.2, 0) is 14.6 Å². The standard InChI is InChI=1S/C13H16NO4/c1-9(16)10-3-5-11(6-4-10)14-13(17)7-12(8-15)18-2/h3-6,12H,7-8H2,1-2H3,(H,14,17). The van der Waals surface area contributed by atoms with Crippen molar-refractivity contribution in [2.45, 2.75) is 19.4 Å². The lowest BCUT2D eigenvalue weighted by Gasteiger charge is -2.11. The number of ketones is 1. The maximum absolute atomic E-state index is 11.6. The number of carbonyl (C=O) groups excluding carboxylic acids is 2. The second kappa shape index (κ2) is 6.88. The van der Waals surface area contributed by atoms with E-state index in [0.29, 0.717) is 11.3 Å². The number of Topliss-reactive ketones (excluding diaryl/α,β-unsaturated/α-hetero) is 1. The summed E-state index contributed by atoms with van der Waals surface area (Å²) in [5.74, 6) is -0.313. The Hall–Kier alpha value is -1.72.